The average Bonchev–Trinajstić information content (AvgIpc) is 3.04. The number of aromatic nitrogens is 3. The molecule has 7 heteroatoms. The summed E-state index contributed by atoms with van der Waals surface area (Å²) in [6, 6.07) is 5.07. The van der Waals surface area contributed by atoms with Crippen molar-refractivity contribution in [2.24, 2.45) is 0 Å². The number of ether oxygens (including phenoxy) is 1. The largest absolute Gasteiger partial charge is 0.438 e. The van der Waals surface area contributed by atoms with Crippen molar-refractivity contribution in [3.8, 4) is 11.6 Å². The summed E-state index contributed by atoms with van der Waals surface area (Å²) in [5.74, 6) is 0.229. The standard InChI is InChI=1S/C14H8FN3OS2/c1-7-18-13-10(21-7)4-9(8-2-3-20-14(8)13)19-12-5-11(15)16-6-17-12/h2-6H,1H3. The molecule has 3 aromatic heterocycles. The topological polar surface area (TPSA) is 47.9 Å². The Morgan fingerprint density at radius 1 is 1.24 bits per heavy atom. The highest BCUT2D eigenvalue weighted by Crippen LogP contribution is 2.40. The van der Waals surface area contributed by atoms with Crippen LogP contribution >= 0.6 is 22.7 Å². The number of rotatable bonds is 2. The van der Waals surface area contributed by atoms with E-state index in [1.165, 1.54) is 6.07 Å². The molecule has 1 aromatic carbocycles. The van der Waals surface area contributed by atoms with Gasteiger partial charge in [-0.05, 0) is 18.4 Å². The Balaban J connectivity index is 1.92. The molecule has 0 unspecified atom stereocenters. The molecule has 4 aromatic rings. The number of halogens is 1. The summed E-state index contributed by atoms with van der Waals surface area (Å²) in [4.78, 5) is 11.9. The minimum Gasteiger partial charge on any atom is -0.438 e. The predicted octanol–water partition coefficient (Wildman–Crippen LogP) is 4.54. The van der Waals surface area contributed by atoms with Crippen LogP contribution in [0.1, 0.15) is 5.01 Å². The lowest BCUT2D eigenvalue weighted by molar-refractivity contribution is 0.456. The molecule has 4 nitrogen and oxygen atoms in total. The number of hydrogen-bond donors (Lipinski definition) is 0. The van der Waals surface area contributed by atoms with E-state index in [1.807, 2.05) is 24.4 Å². The zero-order valence-electron chi connectivity index (χ0n) is 10.8. The third-order valence-electron chi connectivity index (χ3n) is 2.99. The maximum atomic E-state index is 13.1. The van der Waals surface area contributed by atoms with Crippen molar-refractivity contribution in [1.82, 2.24) is 15.0 Å². The van der Waals surface area contributed by atoms with Gasteiger partial charge in [-0.1, -0.05) is 0 Å². The highest BCUT2D eigenvalue weighted by Gasteiger charge is 2.13. The van der Waals surface area contributed by atoms with Gasteiger partial charge in [0.15, 0.2) is 0 Å². The minimum absolute atomic E-state index is 0.190. The lowest BCUT2D eigenvalue weighted by atomic mass is 10.2. The van der Waals surface area contributed by atoms with Gasteiger partial charge in [-0.3, -0.25) is 0 Å². The Kier molecular flexibility index (Phi) is 2.83. The zero-order valence-corrected chi connectivity index (χ0v) is 12.5. The molecule has 4 rings (SSSR count). The van der Waals surface area contributed by atoms with Crippen LogP contribution in [0.4, 0.5) is 4.39 Å². The van der Waals surface area contributed by atoms with Crippen molar-refractivity contribution < 1.29 is 9.13 Å². The van der Waals surface area contributed by atoms with Gasteiger partial charge in [0.1, 0.15) is 12.1 Å². The van der Waals surface area contributed by atoms with Gasteiger partial charge in [0, 0.05) is 11.5 Å². The number of fused-ring (bicyclic) bond motifs is 3. The van der Waals surface area contributed by atoms with Crippen LogP contribution in [0.3, 0.4) is 0 Å². The molecule has 0 bridgehead atoms. The van der Waals surface area contributed by atoms with Crippen molar-refractivity contribution in [1.29, 1.82) is 0 Å². The molecule has 0 radical (unpaired) electrons. The monoisotopic (exact) mass is 317 g/mol. The molecule has 0 amide bonds. The van der Waals surface area contributed by atoms with E-state index in [4.69, 9.17) is 4.74 Å². The molecule has 21 heavy (non-hydrogen) atoms. The van der Waals surface area contributed by atoms with Crippen LogP contribution < -0.4 is 4.74 Å². The molecular formula is C14H8FN3OS2. The number of thiophene rings is 1. The van der Waals surface area contributed by atoms with Gasteiger partial charge < -0.3 is 4.74 Å². The molecule has 0 aliphatic carbocycles. The van der Waals surface area contributed by atoms with Crippen LogP contribution in [0.2, 0.25) is 0 Å². The quantitative estimate of drug-likeness (QED) is 0.509. The summed E-state index contributed by atoms with van der Waals surface area (Å²) in [5.41, 5.74) is 0.990. The maximum absolute atomic E-state index is 13.1. The van der Waals surface area contributed by atoms with Gasteiger partial charge in [-0.2, -0.15) is 4.39 Å². The average molecular weight is 317 g/mol. The Morgan fingerprint density at radius 3 is 3.00 bits per heavy atom. The number of thiazole rings is 1. The highest BCUT2D eigenvalue weighted by molar-refractivity contribution is 7.21. The van der Waals surface area contributed by atoms with E-state index in [0.717, 1.165) is 31.6 Å². The van der Waals surface area contributed by atoms with E-state index < -0.39 is 5.95 Å². The summed E-state index contributed by atoms with van der Waals surface area (Å²) >= 11 is 3.22. The number of nitrogens with zero attached hydrogens (tertiary/aromatic N) is 3. The van der Waals surface area contributed by atoms with Gasteiger partial charge >= 0.3 is 0 Å². The van der Waals surface area contributed by atoms with Crippen molar-refractivity contribution in [3.05, 3.63) is 40.9 Å². The second-order valence-corrected chi connectivity index (χ2v) is 6.55. The molecule has 0 aliphatic rings. The molecule has 104 valence electrons. The lowest BCUT2D eigenvalue weighted by Crippen LogP contribution is -1.91. The van der Waals surface area contributed by atoms with Crippen LogP contribution in [0.15, 0.2) is 29.9 Å². The van der Waals surface area contributed by atoms with Gasteiger partial charge in [-0.25, -0.2) is 15.0 Å². The first-order valence-electron chi connectivity index (χ1n) is 6.13. The molecule has 0 spiro atoms. The number of aryl methyl sites for hydroxylation is 1. The third-order valence-corrected chi connectivity index (χ3v) is 4.83. The molecule has 0 N–H and O–H groups in total. The Hall–Kier alpha value is -2.12. The van der Waals surface area contributed by atoms with Crippen LogP contribution in [-0.2, 0) is 0 Å². The van der Waals surface area contributed by atoms with Gasteiger partial charge in [-0.15, -0.1) is 22.7 Å². The van der Waals surface area contributed by atoms with Crippen LogP contribution in [0.25, 0.3) is 20.3 Å². The van der Waals surface area contributed by atoms with Crippen molar-refractivity contribution in [2.45, 2.75) is 6.92 Å². The smallest absolute Gasteiger partial charge is 0.225 e. The van der Waals surface area contributed by atoms with E-state index in [2.05, 4.69) is 15.0 Å². The van der Waals surface area contributed by atoms with E-state index in [1.54, 1.807) is 22.7 Å². The molecule has 0 fully saturated rings. The van der Waals surface area contributed by atoms with E-state index in [9.17, 15) is 4.39 Å². The summed E-state index contributed by atoms with van der Waals surface area (Å²) in [6.07, 6.45) is 1.14. The number of benzene rings is 1. The minimum atomic E-state index is -0.615. The van der Waals surface area contributed by atoms with E-state index in [0.29, 0.717) is 5.75 Å². The second kappa shape index (κ2) is 4.71. The summed E-state index contributed by atoms with van der Waals surface area (Å²) in [6.45, 7) is 1.98. The Bertz CT molecular complexity index is 963. The fourth-order valence-electron chi connectivity index (χ4n) is 2.16. The van der Waals surface area contributed by atoms with Gasteiger partial charge in [0.25, 0.3) is 0 Å². The molecular weight excluding hydrogens is 309 g/mol. The predicted molar refractivity (Wildman–Crippen MR) is 81.8 cm³/mol. The molecule has 0 saturated heterocycles. The summed E-state index contributed by atoms with van der Waals surface area (Å²) < 4.78 is 21.0. The van der Waals surface area contributed by atoms with Crippen LogP contribution in [-0.4, -0.2) is 15.0 Å². The van der Waals surface area contributed by atoms with Crippen molar-refractivity contribution in [3.63, 3.8) is 0 Å². The second-order valence-electron chi connectivity index (χ2n) is 4.40. The summed E-state index contributed by atoms with van der Waals surface area (Å²) in [7, 11) is 0. The highest BCUT2D eigenvalue weighted by atomic mass is 32.1. The van der Waals surface area contributed by atoms with Crippen molar-refractivity contribution in [2.75, 3.05) is 0 Å². The normalized spacial score (nSPS) is 11.3. The first-order valence-corrected chi connectivity index (χ1v) is 7.83. The van der Waals surface area contributed by atoms with E-state index in [-0.39, 0.29) is 5.88 Å². The maximum Gasteiger partial charge on any atom is 0.225 e. The molecule has 3 heterocycles. The third kappa shape index (κ3) is 2.14. The Morgan fingerprint density at radius 2 is 2.14 bits per heavy atom. The fraction of sp³-hybridized carbons (Fsp3) is 0.0714. The zero-order chi connectivity index (χ0) is 14.4. The first-order chi connectivity index (χ1) is 10.2. The van der Waals surface area contributed by atoms with Gasteiger partial charge in [0.05, 0.1) is 26.0 Å². The van der Waals surface area contributed by atoms with Crippen molar-refractivity contribution >= 4 is 43.0 Å². The molecule has 0 aliphatic heterocycles. The fourth-order valence-corrected chi connectivity index (χ4v) is 3.99. The van der Waals surface area contributed by atoms with E-state index >= 15 is 0 Å². The SMILES string of the molecule is Cc1nc2c(cc(Oc3cc(F)ncn3)c3ccsc32)s1. The summed E-state index contributed by atoms with van der Waals surface area (Å²) in [5, 5.41) is 3.95. The Labute approximate surface area is 126 Å². The lowest BCUT2D eigenvalue weighted by Gasteiger charge is -2.06. The van der Waals surface area contributed by atoms with Crippen LogP contribution in [0, 0.1) is 12.9 Å². The molecule has 0 saturated carbocycles. The first kappa shape index (κ1) is 12.6. The molecule has 0 atom stereocenters. The van der Waals surface area contributed by atoms with Gasteiger partial charge in [0.2, 0.25) is 11.8 Å². The number of hydrogen-bond acceptors (Lipinski definition) is 6. The van der Waals surface area contributed by atoms with Crippen LogP contribution in [0.5, 0.6) is 11.6 Å².